The van der Waals surface area contributed by atoms with E-state index in [1.807, 2.05) is 0 Å². The van der Waals surface area contributed by atoms with E-state index in [0.29, 0.717) is 22.3 Å². The van der Waals surface area contributed by atoms with Crippen LogP contribution < -0.4 is 57.6 Å². The fraction of sp³-hybridized carbons (Fsp3) is 0.152. The monoisotopic (exact) mass is 852 g/mol. The topological polar surface area (TPSA) is 246 Å². The van der Waals surface area contributed by atoms with Crippen LogP contribution in [0.4, 0.5) is 21.0 Å². The molecule has 0 aromatic heterocycles. The Morgan fingerprint density at radius 2 is 1.05 bits per heavy atom. The zero-order valence-corrected chi connectivity index (χ0v) is 33.8. The first-order valence-electron chi connectivity index (χ1n) is 19.7. The van der Waals surface area contributed by atoms with Gasteiger partial charge < -0.3 is 62.3 Å². The lowest BCUT2D eigenvalue weighted by Crippen LogP contribution is -2.46. The van der Waals surface area contributed by atoms with Crippen molar-refractivity contribution in [2.45, 2.75) is 30.5 Å². The maximum Gasteiger partial charge on any atom is 0.413 e. The second-order valence-electron chi connectivity index (χ2n) is 14.4. The van der Waals surface area contributed by atoms with Crippen LogP contribution in [0.1, 0.15) is 39.9 Å². The van der Waals surface area contributed by atoms with Crippen LogP contribution in [-0.2, 0) is 19.9 Å². The molecule has 17 heteroatoms. The summed E-state index contributed by atoms with van der Waals surface area (Å²) in [7, 11) is 0. The van der Waals surface area contributed by atoms with Gasteiger partial charge in [-0.25, -0.2) is 14.4 Å². The molecule has 0 saturated carbocycles. The molecule has 10 N–H and O–H groups in total. The fourth-order valence-electron chi connectivity index (χ4n) is 7.12. The van der Waals surface area contributed by atoms with Crippen LogP contribution >= 0.6 is 0 Å². The molecule has 322 valence electrons. The molecular formula is C46H44N8O9. The minimum atomic E-state index is -1.48. The number of anilines is 2. The van der Waals surface area contributed by atoms with E-state index < -0.39 is 47.7 Å². The maximum absolute atomic E-state index is 13.8. The molecule has 0 saturated heterocycles. The van der Waals surface area contributed by atoms with Gasteiger partial charge in [-0.15, -0.1) is 0 Å². The Morgan fingerprint density at radius 3 is 1.51 bits per heavy atom. The van der Waals surface area contributed by atoms with Gasteiger partial charge in [0.15, 0.2) is 5.60 Å². The van der Waals surface area contributed by atoms with Crippen molar-refractivity contribution in [1.82, 2.24) is 21.3 Å². The van der Waals surface area contributed by atoms with E-state index in [0.717, 1.165) is 0 Å². The van der Waals surface area contributed by atoms with Crippen LogP contribution in [0.5, 0.6) is 23.0 Å². The van der Waals surface area contributed by atoms with E-state index in [4.69, 9.17) is 30.4 Å². The van der Waals surface area contributed by atoms with Gasteiger partial charge in [-0.05, 0) is 67.4 Å². The number of fused-ring (bicyclic) bond motifs is 6. The highest BCUT2D eigenvalue weighted by molar-refractivity contribution is 5.99. The molecule has 2 aliphatic heterocycles. The molecule has 17 nitrogen and oxygen atoms in total. The van der Waals surface area contributed by atoms with Crippen LogP contribution in [0.25, 0.3) is 0 Å². The summed E-state index contributed by atoms with van der Waals surface area (Å²) in [6.45, 7) is 7.62. The molecular weight excluding hydrogens is 809 g/mol. The van der Waals surface area contributed by atoms with Gasteiger partial charge in [0, 0.05) is 53.3 Å². The van der Waals surface area contributed by atoms with Gasteiger partial charge in [-0.3, -0.25) is 9.59 Å². The van der Waals surface area contributed by atoms with Crippen molar-refractivity contribution >= 4 is 41.3 Å². The predicted octanol–water partition coefficient (Wildman–Crippen LogP) is 5.27. The lowest BCUT2D eigenvalue weighted by molar-refractivity contribution is -0.118. The number of amides is 4. The number of hydrogen-bond acceptors (Lipinski definition) is 13. The number of benzene rings is 5. The van der Waals surface area contributed by atoms with Crippen molar-refractivity contribution < 1.29 is 42.9 Å². The molecule has 4 amide bonds. The van der Waals surface area contributed by atoms with Crippen molar-refractivity contribution in [3.05, 3.63) is 168 Å². The number of nitrogens with two attached hydrogens (primary N) is 2. The first-order chi connectivity index (χ1) is 30.4. The number of nitrogens with one attached hydrogen (secondary N) is 6. The molecule has 0 bridgehead atoms. The number of esters is 1. The third-order valence-corrected chi connectivity index (χ3v) is 9.94. The molecule has 2 atom stereocenters. The molecule has 2 heterocycles. The molecule has 2 aliphatic rings. The van der Waals surface area contributed by atoms with Crippen molar-refractivity contribution in [2.75, 3.05) is 23.7 Å². The predicted molar refractivity (Wildman–Crippen MR) is 233 cm³/mol. The van der Waals surface area contributed by atoms with E-state index in [-0.39, 0.29) is 71.9 Å². The molecule has 0 fully saturated rings. The third kappa shape index (κ3) is 9.95. The first-order valence-corrected chi connectivity index (χ1v) is 19.7. The molecule has 7 rings (SSSR count). The standard InChI is InChI=1S/C46H44N8O9/c1-27(47)49-23-21-37(53-44(58)60-31-11-5-3-6-12-31)41(55)51-29-17-19-35-39(25-29)62-40-26-30(18-20-36(40)46(35)34-16-10-9-15-33(34)43(57)63-46)52-42(56)38(22-24-50-28(2)48)54-45(59)61-32-13-7-4-8-14-32/h3-20,25-26,37-38,49-50H,1-2,21-24,47-48H2,(H,51,55)(H,52,56)(H,53,58)(H,54,59). The van der Waals surface area contributed by atoms with E-state index in [1.54, 1.807) is 121 Å². The summed E-state index contributed by atoms with van der Waals surface area (Å²) in [6.07, 6.45) is -1.49. The Morgan fingerprint density at radius 1 is 0.603 bits per heavy atom. The van der Waals surface area contributed by atoms with Gasteiger partial charge >= 0.3 is 18.2 Å². The quantitative estimate of drug-likeness (QED) is 0.0591. The van der Waals surface area contributed by atoms with Crippen molar-refractivity contribution in [2.24, 2.45) is 11.5 Å². The molecule has 0 radical (unpaired) electrons. The van der Waals surface area contributed by atoms with Crippen molar-refractivity contribution in [3.8, 4) is 23.0 Å². The SMILES string of the molecule is C=C(N)NCCC(NC(=O)Oc1ccccc1)C(=O)Nc1ccc2c(c1)Oc1cc(NC(=O)C(CCNC(=C)N)NC(=O)Oc3ccccc3)ccc1C21OC(=O)c2ccccc21. The summed E-state index contributed by atoms with van der Waals surface area (Å²) in [6, 6.07) is 31.3. The van der Waals surface area contributed by atoms with Gasteiger partial charge in [0.05, 0.1) is 17.2 Å². The molecule has 63 heavy (non-hydrogen) atoms. The molecule has 5 aromatic rings. The zero-order chi connectivity index (χ0) is 44.5. The van der Waals surface area contributed by atoms with Crippen molar-refractivity contribution in [3.63, 3.8) is 0 Å². The number of rotatable bonds is 16. The third-order valence-electron chi connectivity index (χ3n) is 9.94. The highest BCUT2D eigenvalue weighted by Gasteiger charge is 2.53. The van der Waals surface area contributed by atoms with Crippen LogP contribution in [0.3, 0.4) is 0 Å². The van der Waals surface area contributed by atoms with Crippen LogP contribution in [-0.4, -0.2) is 55.1 Å². The summed E-state index contributed by atoms with van der Waals surface area (Å²) in [4.78, 5) is 66.8. The molecule has 2 unspecified atom stereocenters. The summed E-state index contributed by atoms with van der Waals surface area (Å²) in [5, 5.41) is 16.6. The summed E-state index contributed by atoms with van der Waals surface area (Å²) >= 11 is 0. The molecule has 0 aliphatic carbocycles. The fourth-order valence-corrected chi connectivity index (χ4v) is 7.12. The average molecular weight is 853 g/mol. The number of carbonyl (C=O) groups is 5. The summed E-state index contributed by atoms with van der Waals surface area (Å²) < 4.78 is 23.5. The number of ether oxygens (including phenoxy) is 4. The van der Waals surface area contributed by atoms with E-state index in [1.165, 1.54) is 0 Å². The molecule has 5 aromatic carbocycles. The normalized spacial score (nSPS) is 15.0. The Hall–Kier alpha value is -8.47. The first kappa shape index (κ1) is 42.6. The summed E-state index contributed by atoms with van der Waals surface area (Å²) in [5.41, 5.74) is 12.2. The second-order valence-corrected chi connectivity index (χ2v) is 14.4. The minimum absolute atomic E-state index is 0.106. The Labute approximate surface area is 361 Å². The molecule has 1 spiro atoms. The second kappa shape index (κ2) is 18.8. The largest absolute Gasteiger partial charge is 0.456 e. The van der Waals surface area contributed by atoms with Gasteiger partial charge in [-0.1, -0.05) is 67.8 Å². The van der Waals surface area contributed by atoms with Gasteiger partial charge in [-0.2, -0.15) is 0 Å². The number of carbonyl (C=O) groups excluding carboxylic acids is 5. The van der Waals surface area contributed by atoms with Gasteiger partial charge in [0.1, 0.15) is 35.1 Å². The average Bonchev–Trinajstić information content (AvgIpc) is 3.55. The number of para-hydroxylation sites is 2. The minimum Gasteiger partial charge on any atom is -0.456 e. The van der Waals surface area contributed by atoms with E-state index >= 15 is 0 Å². The van der Waals surface area contributed by atoms with Crippen LogP contribution in [0.2, 0.25) is 0 Å². The Kier molecular flexibility index (Phi) is 12.8. The van der Waals surface area contributed by atoms with Crippen LogP contribution in [0, 0.1) is 0 Å². The Bertz CT molecular complexity index is 2430. The summed E-state index contributed by atoms with van der Waals surface area (Å²) in [5.74, 6) is -0.346. The van der Waals surface area contributed by atoms with E-state index in [9.17, 15) is 24.0 Å². The lowest BCUT2D eigenvalue weighted by atomic mass is 9.77. The van der Waals surface area contributed by atoms with Crippen LogP contribution in [0.15, 0.2) is 146 Å². The highest BCUT2D eigenvalue weighted by Crippen LogP contribution is 2.56. The van der Waals surface area contributed by atoms with Gasteiger partial charge in [0.25, 0.3) is 0 Å². The number of hydrogen-bond donors (Lipinski definition) is 8. The van der Waals surface area contributed by atoms with Crippen molar-refractivity contribution in [1.29, 1.82) is 0 Å². The smallest absolute Gasteiger partial charge is 0.413 e. The Balaban J connectivity index is 1.16. The zero-order valence-electron chi connectivity index (χ0n) is 33.8. The van der Waals surface area contributed by atoms with Gasteiger partial charge in [0.2, 0.25) is 11.8 Å². The van der Waals surface area contributed by atoms with E-state index in [2.05, 4.69) is 45.1 Å². The highest BCUT2D eigenvalue weighted by atomic mass is 16.6. The lowest BCUT2D eigenvalue weighted by Gasteiger charge is -2.37. The maximum atomic E-state index is 13.8.